The Bertz CT molecular complexity index is 814. The number of likely N-dealkylation sites (tertiary alicyclic amines) is 1. The number of aromatic nitrogens is 2. The number of amides is 2. The molecule has 2 aromatic rings. The van der Waals surface area contributed by atoms with Crippen molar-refractivity contribution in [1.29, 1.82) is 0 Å². The molecule has 4 rings (SSSR count). The van der Waals surface area contributed by atoms with E-state index in [1.54, 1.807) is 10.9 Å². The van der Waals surface area contributed by atoms with Gasteiger partial charge in [0, 0.05) is 24.6 Å². The Hall–Kier alpha value is -2.63. The van der Waals surface area contributed by atoms with Crippen molar-refractivity contribution in [2.45, 2.75) is 45.2 Å². The predicted molar refractivity (Wildman–Crippen MR) is 99.4 cm³/mol. The summed E-state index contributed by atoms with van der Waals surface area (Å²) < 4.78 is 1.81. The van der Waals surface area contributed by atoms with E-state index in [1.807, 2.05) is 35.2 Å². The van der Waals surface area contributed by atoms with Crippen LogP contribution in [0.3, 0.4) is 0 Å². The van der Waals surface area contributed by atoms with Gasteiger partial charge in [0.25, 0.3) is 0 Å². The third-order valence-corrected chi connectivity index (χ3v) is 5.47. The molecule has 0 unspecified atom stereocenters. The average molecular weight is 352 g/mol. The van der Waals surface area contributed by atoms with Crippen LogP contribution in [0.4, 0.5) is 5.82 Å². The fourth-order valence-electron chi connectivity index (χ4n) is 3.95. The molecule has 6 heteroatoms. The van der Waals surface area contributed by atoms with Gasteiger partial charge in [-0.05, 0) is 31.7 Å². The molecule has 136 valence electrons. The zero-order valence-corrected chi connectivity index (χ0v) is 15.0. The lowest BCUT2D eigenvalue weighted by Gasteiger charge is -2.34. The summed E-state index contributed by atoms with van der Waals surface area (Å²) in [7, 11) is 0. The van der Waals surface area contributed by atoms with E-state index in [-0.39, 0.29) is 30.2 Å². The van der Waals surface area contributed by atoms with E-state index in [1.165, 1.54) is 6.42 Å². The first-order chi connectivity index (χ1) is 12.6. The molecule has 2 atom stereocenters. The molecule has 0 radical (unpaired) electrons. The highest BCUT2D eigenvalue weighted by Crippen LogP contribution is 2.32. The first-order valence-electron chi connectivity index (χ1n) is 9.35. The zero-order valence-electron chi connectivity index (χ0n) is 15.0. The van der Waals surface area contributed by atoms with E-state index in [0.29, 0.717) is 6.54 Å². The summed E-state index contributed by atoms with van der Waals surface area (Å²) in [4.78, 5) is 27.2. The van der Waals surface area contributed by atoms with Crippen LogP contribution in [0.2, 0.25) is 0 Å². The van der Waals surface area contributed by atoms with Gasteiger partial charge in [-0.15, -0.1) is 0 Å². The van der Waals surface area contributed by atoms with Crippen molar-refractivity contribution < 1.29 is 9.59 Å². The Kier molecular flexibility index (Phi) is 4.49. The minimum Gasteiger partial charge on any atom is -0.340 e. The number of benzene rings is 1. The first-order valence-corrected chi connectivity index (χ1v) is 9.35. The van der Waals surface area contributed by atoms with Gasteiger partial charge in [-0.25, -0.2) is 4.68 Å². The minimum absolute atomic E-state index is 0.0799. The van der Waals surface area contributed by atoms with Gasteiger partial charge in [0.05, 0.1) is 18.7 Å². The van der Waals surface area contributed by atoms with E-state index in [9.17, 15) is 9.59 Å². The molecular weight excluding hydrogens is 328 g/mol. The number of hydrogen-bond donors (Lipinski definition) is 1. The summed E-state index contributed by atoms with van der Waals surface area (Å²) >= 11 is 0. The number of piperidine rings is 1. The van der Waals surface area contributed by atoms with Gasteiger partial charge in [-0.3, -0.25) is 9.59 Å². The number of nitrogens with zero attached hydrogens (tertiary/aromatic N) is 3. The van der Waals surface area contributed by atoms with Crippen LogP contribution in [0.1, 0.15) is 32.6 Å². The van der Waals surface area contributed by atoms with E-state index in [0.717, 1.165) is 36.3 Å². The van der Waals surface area contributed by atoms with Crippen LogP contribution < -0.4 is 5.32 Å². The summed E-state index contributed by atoms with van der Waals surface area (Å²) in [6.07, 6.45) is 5.30. The molecular formula is C20H24N4O2. The van der Waals surface area contributed by atoms with Crippen LogP contribution in [0, 0.1) is 5.92 Å². The Labute approximate surface area is 153 Å². The van der Waals surface area contributed by atoms with E-state index in [2.05, 4.69) is 17.3 Å². The fraction of sp³-hybridized carbons (Fsp3) is 0.450. The maximum absolute atomic E-state index is 12.7. The van der Waals surface area contributed by atoms with Crippen LogP contribution in [0.5, 0.6) is 0 Å². The molecule has 0 saturated carbocycles. The number of carbonyl (C=O) groups is 2. The average Bonchev–Trinajstić information content (AvgIpc) is 3.05. The fourth-order valence-corrected chi connectivity index (χ4v) is 3.95. The van der Waals surface area contributed by atoms with Crippen molar-refractivity contribution in [2.24, 2.45) is 5.92 Å². The lowest BCUT2D eigenvalue weighted by molar-refractivity contribution is -0.138. The summed E-state index contributed by atoms with van der Waals surface area (Å²) in [5.41, 5.74) is 1.93. The molecule has 0 spiro atoms. The molecule has 1 N–H and O–H groups in total. The topological polar surface area (TPSA) is 67.2 Å². The van der Waals surface area contributed by atoms with Gasteiger partial charge < -0.3 is 10.2 Å². The molecule has 3 heterocycles. The Morgan fingerprint density at radius 3 is 2.85 bits per heavy atom. The second-order valence-electron chi connectivity index (χ2n) is 7.28. The summed E-state index contributed by atoms with van der Waals surface area (Å²) in [5, 5.41) is 7.40. The minimum atomic E-state index is -0.368. The van der Waals surface area contributed by atoms with Crippen molar-refractivity contribution in [3.05, 3.63) is 36.5 Å². The number of anilines is 1. The molecule has 6 nitrogen and oxygen atoms in total. The van der Waals surface area contributed by atoms with Crippen molar-refractivity contribution in [3.63, 3.8) is 0 Å². The maximum atomic E-state index is 12.7. The second-order valence-corrected chi connectivity index (χ2v) is 7.28. The van der Waals surface area contributed by atoms with E-state index < -0.39 is 0 Å². The number of fused-ring (bicyclic) bond motifs is 1. The van der Waals surface area contributed by atoms with Crippen molar-refractivity contribution >= 4 is 17.6 Å². The number of rotatable bonds is 3. The van der Waals surface area contributed by atoms with E-state index >= 15 is 0 Å². The predicted octanol–water partition coefficient (Wildman–Crippen LogP) is 2.91. The largest absolute Gasteiger partial charge is 0.340 e. The molecule has 26 heavy (non-hydrogen) atoms. The number of nitrogens with one attached hydrogen (secondary N) is 1. The van der Waals surface area contributed by atoms with Crippen LogP contribution in [0.15, 0.2) is 36.5 Å². The molecule has 2 amide bonds. The second kappa shape index (κ2) is 6.94. The third kappa shape index (κ3) is 3.11. The molecule has 1 fully saturated rings. The monoisotopic (exact) mass is 352 g/mol. The molecule has 2 aliphatic heterocycles. The number of carbonyl (C=O) groups excluding carboxylic acids is 2. The van der Waals surface area contributed by atoms with Gasteiger partial charge in [0.2, 0.25) is 11.8 Å². The maximum Gasteiger partial charge on any atom is 0.231 e. The van der Waals surface area contributed by atoms with Crippen LogP contribution in [-0.2, 0) is 16.1 Å². The van der Waals surface area contributed by atoms with Gasteiger partial charge in [-0.2, -0.15) is 5.10 Å². The quantitative estimate of drug-likeness (QED) is 0.923. The first kappa shape index (κ1) is 16.8. The van der Waals surface area contributed by atoms with E-state index in [4.69, 9.17) is 0 Å². The standard InChI is InChI=1S/C20H24N4O2/c1-14-7-5-6-10-23(14)18(25)11-16-13-24-19(22-20(16)26)17(12-21-24)15-8-3-2-4-9-15/h2-4,8-9,12,14,16H,5-7,10-11,13H2,1H3,(H,22,26)/t14-,16+/m1/s1. The smallest absolute Gasteiger partial charge is 0.231 e. The summed E-state index contributed by atoms with van der Waals surface area (Å²) in [6, 6.07) is 10.2. The molecule has 0 aliphatic carbocycles. The van der Waals surface area contributed by atoms with Gasteiger partial charge in [-0.1, -0.05) is 30.3 Å². The highest BCUT2D eigenvalue weighted by molar-refractivity contribution is 5.98. The Morgan fingerprint density at radius 1 is 1.27 bits per heavy atom. The Balaban J connectivity index is 1.50. The Morgan fingerprint density at radius 2 is 2.08 bits per heavy atom. The summed E-state index contributed by atoms with van der Waals surface area (Å²) in [5.74, 6) is 0.341. The van der Waals surface area contributed by atoms with Crippen LogP contribution in [-0.4, -0.2) is 39.1 Å². The van der Waals surface area contributed by atoms with Gasteiger partial charge in [0.15, 0.2) is 0 Å². The summed E-state index contributed by atoms with van der Waals surface area (Å²) in [6.45, 7) is 3.34. The van der Waals surface area contributed by atoms with Crippen molar-refractivity contribution in [3.8, 4) is 11.1 Å². The molecule has 1 saturated heterocycles. The highest BCUT2D eigenvalue weighted by atomic mass is 16.2. The van der Waals surface area contributed by atoms with Gasteiger partial charge in [0.1, 0.15) is 5.82 Å². The molecule has 2 aliphatic rings. The van der Waals surface area contributed by atoms with Crippen molar-refractivity contribution in [2.75, 3.05) is 11.9 Å². The molecule has 1 aromatic heterocycles. The molecule has 1 aromatic carbocycles. The van der Waals surface area contributed by atoms with Crippen LogP contribution >= 0.6 is 0 Å². The SMILES string of the molecule is C[C@@H]1CCCCN1C(=O)C[C@H]1Cn2ncc(-c3ccccc3)c2NC1=O. The normalized spacial score (nSPS) is 22.7. The lowest BCUT2D eigenvalue weighted by Crippen LogP contribution is -2.44. The van der Waals surface area contributed by atoms with Gasteiger partial charge >= 0.3 is 0 Å². The van der Waals surface area contributed by atoms with Crippen molar-refractivity contribution in [1.82, 2.24) is 14.7 Å². The molecule has 0 bridgehead atoms. The highest BCUT2D eigenvalue weighted by Gasteiger charge is 2.33. The lowest BCUT2D eigenvalue weighted by atomic mass is 9.98. The number of hydrogen-bond acceptors (Lipinski definition) is 3. The third-order valence-electron chi connectivity index (χ3n) is 5.47. The van der Waals surface area contributed by atoms with Crippen LogP contribution in [0.25, 0.3) is 11.1 Å². The zero-order chi connectivity index (χ0) is 18.1.